The molecule has 0 unspecified atom stereocenters. The molecule has 0 aromatic heterocycles. The number of benzene rings is 4. The van der Waals surface area contributed by atoms with Crippen molar-refractivity contribution >= 4 is 5.97 Å². The number of unbranched alkanes of at least 4 members (excludes halogenated alkanes) is 3. The van der Waals surface area contributed by atoms with Gasteiger partial charge in [0.05, 0.1) is 71.6 Å². The number of aliphatic hydroxyl groups excluding tert-OH is 1. The molecule has 0 atom stereocenters. The molecule has 0 bridgehead atoms. The average molecular weight is 1790 g/mol. The maximum absolute atomic E-state index is 14.4. The summed E-state index contributed by atoms with van der Waals surface area (Å²) in [7, 11) is 0. The number of hydrogen-bond acceptors (Lipinski definition) is 12. The minimum Gasteiger partial charge on any atom is -0.494 e. The third kappa shape index (κ3) is 22.7. The number of carbonyl (C=O) groups excluding carboxylic acids is 1. The molecule has 0 radical (unpaired) electrons. The van der Waals surface area contributed by atoms with E-state index >= 15 is 0 Å². The van der Waals surface area contributed by atoms with Gasteiger partial charge in [-0.1, -0.05) is 36.4 Å². The van der Waals surface area contributed by atoms with Gasteiger partial charge in [0.2, 0.25) is 5.75 Å². The van der Waals surface area contributed by atoms with Crippen molar-refractivity contribution in [1.82, 2.24) is 0 Å². The largest absolute Gasteiger partial charge is 0.494 e. The maximum Gasteiger partial charge on any atom is 0.460 e. The number of halogens is 39. The second-order valence-electron chi connectivity index (χ2n) is 24.7. The number of alkyl halides is 39. The van der Waals surface area contributed by atoms with E-state index in [1.165, 1.54) is 36.4 Å². The van der Waals surface area contributed by atoms with Gasteiger partial charge in [0.15, 0.2) is 11.5 Å². The Morgan fingerprint density at radius 3 is 0.761 bits per heavy atom. The predicted molar refractivity (Wildman–Crippen MR) is 319 cm³/mol. The topological polar surface area (TPSA) is 130 Å². The number of esters is 1. The molecule has 0 amide bonds. The Hall–Kier alpha value is -7.74. The Balaban J connectivity index is 1.62. The van der Waals surface area contributed by atoms with Crippen molar-refractivity contribution in [3.05, 3.63) is 107 Å². The lowest BCUT2D eigenvalue weighted by atomic mass is 9.92. The molecular weight excluding hydrogens is 1730 g/mol. The minimum absolute atomic E-state index is 0.00875. The van der Waals surface area contributed by atoms with Gasteiger partial charge in [0.25, 0.3) is 0 Å². The van der Waals surface area contributed by atoms with Crippen LogP contribution in [0.2, 0.25) is 0 Å². The van der Waals surface area contributed by atoms with E-state index in [0.717, 1.165) is 48.5 Å². The van der Waals surface area contributed by atoms with E-state index in [1.54, 1.807) is 0 Å². The Kier molecular flexibility index (Phi) is 33.3. The molecule has 670 valence electrons. The zero-order valence-electron chi connectivity index (χ0n) is 58.5. The summed E-state index contributed by atoms with van der Waals surface area (Å²) in [5, 5.41) is 8.80. The summed E-state index contributed by atoms with van der Waals surface area (Å²) in [4.78, 5) is 13.7. The van der Waals surface area contributed by atoms with E-state index < -0.39 is 240 Å². The van der Waals surface area contributed by atoms with Crippen molar-refractivity contribution in [3.63, 3.8) is 0 Å². The smallest absolute Gasteiger partial charge is 0.460 e. The normalized spacial score (nSPS) is 14.2. The molecule has 12 nitrogen and oxygen atoms in total. The molecule has 0 saturated carbocycles. The predicted octanol–water partition coefficient (Wildman–Crippen LogP) is 21.5. The van der Waals surface area contributed by atoms with E-state index in [0.29, 0.717) is 0 Å². The lowest BCUT2D eigenvalue weighted by molar-refractivity contribution is -0.440. The average Bonchev–Trinajstić information content (AvgIpc) is 0.722. The third-order valence-corrected chi connectivity index (χ3v) is 16.1. The number of aliphatic hydroxyl groups is 1. The SMILES string of the molecule is O=C(OCCOCCOCCOCCO)c1cc(OCc2ccc(OCCCCC(F)(F)C(F)(F)C(F)(F)C(F)(F)C(F)(F)C(F)(F)F)cc2)c(OCc2ccc(OCCCCC(F)(F)C(F)(F)C(F)(F)C(F)(F)C(F)(F)C(F)(F)F)cc2)c(OCc2ccc(OCCCCC(F)(F)C(F)(F)C(F)(F)C(F)(F)C(F)(F)C(F)(F)F)cc2)c1. The van der Waals surface area contributed by atoms with Gasteiger partial charge in [-0.05, 0) is 104 Å². The molecule has 0 heterocycles. The second-order valence-corrected chi connectivity index (χ2v) is 24.7. The van der Waals surface area contributed by atoms with Gasteiger partial charge < -0.3 is 52.5 Å². The number of hydrogen-bond donors (Lipinski definition) is 1. The number of rotatable bonds is 51. The Bertz CT molecular complexity index is 3590. The molecule has 0 aliphatic rings. The van der Waals surface area contributed by atoms with Gasteiger partial charge >= 0.3 is 113 Å². The Labute approximate surface area is 632 Å². The first-order valence-corrected chi connectivity index (χ1v) is 32.8. The van der Waals surface area contributed by atoms with Crippen LogP contribution in [-0.2, 0) is 38.8 Å². The lowest BCUT2D eigenvalue weighted by Crippen LogP contribution is -2.70. The van der Waals surface area contributed by atoms with Gasteiger partial charge in [0, 0.05) is 19.3 Å². The van der Waals surface area contributed by atoms with Crippen molar-refractivity contribution in [2.45, 2.75) is 185 Å². The molecule has 0 spiro atoms. The molecule has 4 rings (SSSR count). The lowest BCUT2D eigenvalue weighted by Gasteiger charge is -2.39. The highest BCUT2D eigenvalue weighted by Crippen LogP contribution is 2.65. The van der Waals surface area contributed by atoms with Crippen molar-refractivity contribution < 1.29 is 228 Å². The molecule has 117 heavy (non-hydrogen) atoms. The third-order valence-electron chi connectivity index (χ3n) is 16.1. The van der Waals surface area contributed by atoms with Crippen molar-refractivity contribution in [2.24, 2.45) is 0 Å². The minimum atomic E-state index is -8.12. The molecular formula is C66H61F39O12. The fourth-order valence-corrected chi connectivity index (χ4v) is 9.25. The summed E-state index contributed by atoms with van der Waals surface area (Å²) in [5.74, 6) is -117. The second kappa shape index (κ2) is 38.3. The van der Waals surface area contributed by atoms with Crippen LogP contribution < -0.4 is 28.4 Å². The molecule has 0 aliphatic heterocycles. The fraction of sp³-hybridized carbons (Fsp3) is 0.621. The first kappa shape index (κ1) is 102. The van der Waals surface area contributed by atoms with Crippen LogP contribution in [-0.4, -0.2) is 191 Å². The highest BCUT2D eigenvalue weighted by molar-refractivity contribution is 5.91. The first-order valence-electron chi connectivity index (χ1n) is 32.8. The molecule has 0 fully saturated rings. The van der Waals surface area contributed by atoms with Crippen LogP contribution >= 0.6 is 0 Å². The molecule has 4 aromatic carbocycles. The van der Waals surface area contributed by atoms with Crippen molar-refractivity contribution in [2.75, 3.05) is 72.7 Å². The van der Waals surface area contributed by atoms with Crippen LogP contribution in [0.5, 0.6) is 34.5 Å². The highest BCUT2D eigenvalue weighted by Gasteiger charge is 2.93. The molecule has 51 heteroatoms. The summed E-state index contributed by atoms with van der Waals surface area (Å²) < 4.78 is 585. The summed E-state index contributed by atoms with van der Waals surface area (Å²) in [6.07, 6.45) is -37.1. The van der Waals surface area contributed by atoms with Gasteiger partial charge in [0.1, 0.15) is 43.7 Å². The van der Waals surface area contributed by atoms with Crippen LogP contribution in [0.4, 0.5) is 171 Å². The monoisotopic (exact) mass is 1790 g/mol. The summed E-state index contributed by atoms with van der Waals surface area (Å²) in [5.41, 5.74) is -0.140. The quantitative estimate of drug-likeness (QED) is 0.0257. The van der Waals surface area contributed by atoms with E-state index in [1.807, 2.05) is 0 Å². The van der Waals surface area contributed by atoms with E-state index in [2.05, 4.69) is 0 Å². The van der Waals surface area contributed by atoms with E-state index in [-0.39, 0.29) is 80.2 Å². The Morgan fingerprint density at radius 1 is 0.265 bits per heavy atom. The summed E-state index contributed by atoms with van der Waals surface area (Å²) >= 11 is 0. The van der Waals surface area contributed by atoms with E-state index in [9.17, 15) is 176 Å². The van der Waals surface area contributed by atoms with Crippen LogP contribution in [0.25, 0.3) is 0 Å². The van der Waals surface area contributed by atoms with Crippen LogP contribution in [0.15, 0.2) is 84.9 Å². The van der Waals surface area contributed by atoms with Gasteiger partial charge in [-0.15, -0.1) is 0 Å². The molecule has 1 N–H and O–H groups in total. The van der Waals surface area contributed by atoms with Crippen molar-refractivity contribution in [3.8, 4) is 34.5 Å². The van der Waals surface area contributed by atoms with Crippen LogP contribution in [0.1, 0.15) is 84.8 Å². The molecule has 0 saturated heterocycles. The fourth-order valence-electron chi connectivity index (χ4n) is 9.25. The number of ether oxygens (including phenoxy) is 10. The van der Waals surface area contributed by atoms with Gasteiger partial charge in [-0.2, -0.15) is 171 Å². The standard InChI is InChI=1S/C66H61F39O12/c67-49(68,52(73,74)55(79,80)58(85,86)61(91,92)64(97,98)99)19-1-4-23-111-42-13-7-38(8-14-42)35-115-45-33-41(48(107)114-32-31-110-30-29-109-28-27-108-26-22-106)34-46(116-36-39-9-15-43(16-10-39)112-24-5-2-20-50(69,70)53(75,76)56(81,82)59(87,88)62(93,94)65(100,101)102)47(45)117-37-40-11-17-44(18-12-40)113-25-6-3-21-51(71,72)54(77,78)57(83,84)60(89,90)63(95,96)66(103,104)105/h7-18,33-34,106H,1-6,19-32,35-37H2. The summed E-state index contributed by atoms with van der Waals surface area (Å²) in [6, 6.07) is 15.6. The zero-order valence-corrected chi connectivity index (χ0v) is 58.5. The maximum atomic E-state index is 14.4. The van der Waals surface area contributed by atoms with Crippen LogP contribution in [0.3, 0.4) is 0 Å². The molecule has 0 aliphatic carbocycles. The van der Waals surface area contributed by atoms with Crippen LogP contribution in [0, 0.1) is 0 Å². The summed E-state index contributed by atoms with van der Waals surface area (Å²) in [6.45, 7) is -5.22. The van der Waals surface area contributed by atoms with Gasteiger partial charge in [-0.25, -0.2) is 4.79 Å². The van der Waals surface area contributed by atoms with Gasteiger partial charge in [-0.3, -0.25) is 0 Å². The van der Waals surface area contributed by atoms with Crippen molar-refractivity contribution in [1.29, 1.82) is 0 Å². The molecule has 4 aromatic rings. The first-order chi connectivity index (χ1) is 53.2. The Morgan fingerprint density at radius 2 is 0.504 bits per heavy atom. The zero-order chi connectivity index (χ0) is 89.6. The number of carbonyl (C=O) groups is 1. The highest BCUT2D eigenvalue weighted by atomic mass is 19.5. The van der Waals surface area contributed by atoms with E-state index in [4.69, 9.17) is 52.5 Å².